The van der Waals surface area contributed by atoms with Crippen LogP contribution in [0.1, 0.15) is 0 Å². The second-order valence-corrected chi connectivity index (χ2v) is 4.41. The predicted molar refractivity (Wildman–Crippen MR) is 74.5 cm³/mol. The summed E-state index contributed by atoms with van der Waals surface area (Å²) in [4.78, 5) is 12.2. The SMILES string of the molecule is COc1nn(C)c(=O)n1-c1cccc2ccc(O)cc12. The van der Waals surface area contributed by atoms with Crippen LogP contribution in [0.2, 0.25) is 0 Å². The lowest BCUT2D eigenvalue weighted by Gasteiger charge is -2.08. The van der Waals surface area contributed by atoms with Crippen molar-refractivity contribution in [2.24, 2.45) is 7.05 Å². The van der Waals surface area contributed by atoms with Gasteiger partial charge >= 0.3 is 11.7 Å². The first-order chi connectivity index (χ1) is 9.61. The van der Waals surface area contributed by atoms with E-state index in [-0.39, 0.29) is 17.4 Å². The van der Waals surface area contributed by atoms with Crippen molar-refractivity contribution in [3.63, 3.8) is 0 Å². The Labute approximate surface area is 114 Å². The van der Waals surface area contributed by atoms with Crippen LogP contribution in [-0.2, 0) is 7.05 Å². The maximum Gasteiger partial charge on any atom is 0.353 e. The van der Waals surface area contributed by atoms with Crippen LogP contribution in [0.25, 0.3) is 16.5 Å². The fraction of sp³-hybridized carbons (Fsp3) is 0.143. The number of methoxy groups -OCH3 is 1. The maximum absolute atomic E-state index is 12.2. The van der Waals surface area contributed by atoms with Crippen molar-refractivity contribution in [3.05, 3.63) is 46.9 Å². The van der Waals surface area contributed by atoms with Gasteiger partial charge < -0.3 is 9.84 Å². The number of hydrogen-bond acceptors (Lipinski definition) is 4. The van der Waals surface area contributed by atoms with E-state index in [1.54, 1.807) is 31.3 Å². The third-order valence-corrected chi connectivity index (χ3v) is 3.16. The van der Waals surface area contributed by atoms with Gasteiger partial charge in [-0.15, -0.1) is 5.10 Å². The van der Waals surface area contributed by atoms with Gasteiger partial charge in [-0.1, -0.05) is 18.2 Å². The van der Waals surface area contributed by atoms with Gasteiger partial charge in [-0.3, -0.25) is 0 Å². The largest absolute Gasteiger partial charge is 0.508 e. The highest BCUT2D eigenvalue weighted by molar-refractivity contribution is 5.91. The van der Waals surface area contributed by atoms with Crippen molar-refractivity contribution in [3.8, 4) is 17.4 Å². The van der Waals surface area contributed by atoms with Crippen LogP contribution in [0.5, 0.6) is 11.8 Å². The second-order valence-electron chi connectivity index (χ2n) is 4.41. The molecule has 1 N–H and O–H groups in total. The summed E-state index contributed by atoms with van der Waals surface area (Å²) >= 11 is 0. The minimum Gasteiger partial charge on any atom is -0.508 e. The molecule has 0 spiro atoms. The third kappa shape index (κ3) is 1.73. The summed E-state index contributed by atoms with van der Waals surface area (Å²) in [5, 5.41) is 15.3. The molecule has 6 heteroatoms. The molecule has 3 aromatic rings. The van der Waals surface area contributed by atoms with Crippen LogP contribution in [-0.4, -0.2) is 26.6 Å². The van der Waals surface area contributed by atoms with Gasteiger partial charge in [-0.2, -0.15) is 0 Å². The Balaban J connectivity index is 2.41. The third-order valence-electron chi connectivity index (χ3n) is 3.16. The van der Waals surface area contributed by atoms with E-state index in [2.05, 4.69) is 5.10 Å². The summed E-state index contributed by atoms with van der Waals surface area (Å²) in [6.45, 7) is 0. The molecule has 0 bridgehead atoms. The minimum absolute atomic E-state index is 0.140. The Morgan fingerprint density at radius 2 is 2.05 bits per heavy atom. The minimum atomic E-state index is -0.308. The normalized spacial score (nSPS) is 10.9. The van der Waals surface area contributed by atoms with E-state index >= 15 is 0 Å². The van der Waals surface area contributed by atoms with E-state index < -0.39 is 0 Å². The Kier molecular flexibility index (Phi) is 2.71. The van der Waals surface area contributed by atoms with Crippen molar-refractivity contribution >= 4 is 10.8 Å². The number of nitrogens with zero attached hydrogens (tertiary/aromatic N) is 3. The topological polar surface area (TPSA) is 69.3 Å². The standard InChI is InChI=1S/C14H13N3O3/c1-16-14(19)17(13(15-16)20-2)12-5-3-4-9-6-7-10(18)8-11(9)12/h3-8,18H,1-2H3. The predicted octanol–water partition coefficient (Wildman–Crippen LogP) is 1.44. The molecular weight excluding hydrogens is 258 g/mol. The zero-order valence-electron chi connectivity index (χ0n) is 11.1. The monoisotopic (exact) mass is 271 g/mol. The molecule has 1 aromatic heterocycles. The quantitative estimate of drug-likeness (QED) is 0.765. The number of benzene rings is 2. The van der Waals surface area contributed by atoms with E-state index in [4.69, 9.17) is 4.74 Å². The molecule has 0 aliphatic carbocycles. The molecule has 6 nitrogen and oxygen atoms in total. The lowest BCUT2D eigenvalue weighted by molar-refractivity contribution is 0.369. The van der Waals surface area contributed by atoms with Crippen molar-refractivity contribution in [2.75, 3.05) is 7.11 Å². The molecule has 2 aromatic carbocycles. The van der Waals surface area contributed by atoms with Gasteiger partial charge in [0.25, 0.3) is 0 Å². The van der Waals surface area contributed by atoms with Crippen LogP contribution < -0.4 is 10.4 Å². The molecule has 0 radical (unpaired) electrons. The zero-order chi connectivity index (χ0) is 14.3. The summed E-state index contributed by atoms with van der Waals surface area (Å²) in [5.74, 6) is 0.140. The van der Waals surface area contributed by atoms with Gasteiger partial charge in [0.1, 0.15) is 5.75 Å². The average Bonchev–Trinajstić information content (AvgIpc) is 2.73. The van der Waals surface area contributed by atoms with Crippen LogP contribution >= 0.6 is 0 Å². The van der Waals surface area contributed by atoms with E-state index in [9.17, 15) is 9.90 Å². The number of rotatable bonds is 2. The molecule has 0 aliphatic heterocycles. The molecule has 0 saturated heterocycles. The summed E-state index contributed by atoms with van der Waals surface area (Å²) in [6, 6.07) is 10.8. The van der Waals surface area contributed by atoms with E-state index in [1.807, 2.05) is 12.1 Å². The van der Waals surface area contributed by atoms with Crippen LogP contribution in [0, 0.1) is 0 Å². The molecule has 0 atom stereocenters. The van der Waals surface area contributed by atoms with Gasteiger partial charge in [-0.25, -0.2) is 14.0 Å². The number of aryl methyl sites for hydroxylation is 1. The Hall–Kier alpha value is -2.76. The lowest BCUT2D eigenvalue weighted by Crippen LogP contribution is -2.21. The van der Waals surface area contributed by atoms with Gasteiger partial charge in [0.05, 0.1) is 12.8 Å². The van der Waals surface area contributed by atoms with Gasteiger partial charge in [0, 0.05) is 12.4 Å². The number of fused-ring (bicyclic) bond motifs is 1. The molecule has 0 unspecified atom stereocenters. The molecule has 1 heterocycles. The fourth-order valence-electron chi connectivity index (χ4n) is 2.22. The number of aromatic nitrogens is 3. The van der Waals surface area contributed by atoms with Crippen molar-refractivity contribution in [2.45, 2.75) is 0 Å². The van der Waals surface area contributed by atoms with Crippen molar-refractivity contribution < 1.29 is 9.84 Å². The number of phenols is 1. The summed E-state index contributed by atoms with van der Waals surface area (Å²) in [5.41, 5.74) is 0.311. The van der Waals surface area contributed by atoms with Crippen LogP contribution in [0.3, 0.4) is 0 Å². The number of phenolic OH excluding ortho intramolecular Hbond substituents is 1. The lowest BCUT2D eigenvalue weighted by atomic mass is 10.1. The molecule has 20 heavy (non-hydrogen) atoms. The molecule has 0 saturated carbocycles. The molecule has 102 valence electrons. The highest BCUT2D eigenvalue weighted by atomic mass is 16.5. The van der Waals surface area contributed by atoms with Gasteiger partial charge in [-0.05, 0) is 23.6 Å². The molecule has 0 amide bonds. The molecule has 0 fully saturated rings. The number of ether oxygens (including phenoxy) is 1. The highest BCUT2D eigenvalue weighted by Gasteiger charge is 2.15. The van der Waals surface area contributed by atoms with E-state index in [1.165, 1.54) is 16.4 Å². The highest BCUT2D eigenvalue weighted by Crippen LogP contribution is 2.27. The van der Waals surface area contributed by atoms with Crippen LogP contribution in [0.4, 0.5) is 0 Å². The van der Waals surface area contributed by atoms with Gasteiger partial charge in [0.2, 0.25) is 0 Å². The number of aromatic hydroxyl groups is 1. The van der Waals surface area contributed by atoms with Gasteiger partial charge in [0.15, 0.2) is 0 Å². The maximum atomic E-state index is 12.2. The molecular formula is C14H13N3O3. The average molecular weight is 271 g/mol. The Morgan fingerprint density at radius 3 is 2.80 bits per heavy atom. The van der Waals surface area contributed by atoms with E-state index in [0.29, 0.717) is 5.69 Å². The summed E-state index contributed by atoms with van der Waals surface area (Å²) < 4.78 is 7.73. The Morgan fingerprint density at radius 1 is 1.25 bits per heavy atom. The molecule has 0 aliphatic rings. The summed E-state index contributed by atoms with van der Waals surface area (Å²) in [6.07, 6.45) is 0. The first-order valence-electron chi connectivity index (χ1n) is 6.04. The zero-order valence-corrected chi connectivity index (χ0v) is 11.1. The van der Waals surface area contributed by atoms with Crippen molar-refractivity contribution in [1.82, 2.24) is 14.3 Å². The first kappa shape index (κ1) is 12.3. The van der Waals surface area contributed by atoms with Crippen molar-refractivity contribution in [1.29, 1.82) is 0 Å². The fourth-order valence-corrected chi connectivity index (χ4v) is 2.22. The number of hydrogen-bond donors (Lipinski definition) is 1. The van der Waals surface area contributed by atoms with E-state index in [0.717, 1.165) is 10.8 Å². The molecule has 3 rings (SSSR count). The summed E-state index contributed by atoms with van der Waals surface area (Å²) in [7, 11) is 3.02. The smallest absolute Gasteiger partial charge is 0.353 e. The van der Waals surface area contributed by atoms with Crippen LogP contribution in [0.15, 0.2) is 41.2 Å². The Bertz CT molecular complexity index is 848. The first-order valence-corrected chi connectivity index (χ1v) is 6.04. The second kappa shape index (κ2) is 4.41.